The van der Waals surface area contributed by atoms with E-state index < -0.39 is 6.10 Å². The van der Waals surface area contributed by atoms with Crippen LogP contribution in [-0.4, -0.2) is 51.6 Å². The van der Waals surface area contributed by atoms with Gasteiger partial charge in [0.25, 0.3) is 0 Å². The Kier molecular flexibility index (Phi) is 2.40. The summed E-state index contributed by atoms with van der Waals surface area (Å²) in [6, 6.07) is 0. The number of hydrogen-bond donors (Lipinski definition) is 1. The molecule has 74 valence electrons. The molecule has 0 fully saturated rings. The molecule has 0 radical (unpaired) electrons. The highest BCUT2D eigenvalue weighted by Gasteiger charge is 2.07. The summed E-state index contributed by atoms with van der Waals surface area (Å²) < 4.78 is 1.43. The number of rotatable bonds is 4. The van der Waals surface area contributed by atoms with Crippen LogP contribution in [0, 0.1) is 0 Å². The maximum atomic E-state index is 9.55. The average Bonchev–Trinajstić information content (AvgIpc) is 2.76. The highest BCUT2D eigenvalue weighted by atomic mass is 16.3. The van der Waals surface area contributed by atoms with Crippen LogP contribution in [0.4, 0.5) is 0 Å². The molecule has 0 saturated heterocycles. The number of aliphatic hydroxyl groups excluding tert-OH is 1. The van der Waals surface area contributed by atoms with Crippen LogP contribution in [0.1, 0.15) is 0 Å². The molecule has 9 heteroatoms. The predicted molar refractivity (Wildman–Crippen MR) is 41.6 cm³/mol. The van der Waals surface area contributed by atoms with Crippen molar-refractivity contribution in [3.63, 3.8) is 0 Å². The van der Waals surface area contributed by atoms with Crippen LogP contribution in [0.15, 0.2) is 12.7 Å². The van der Waals surface area contributed by atoms with E-state index in [2.05, 4.69) is 30.9 Å². The summed E-state index contributed by atoms with van der Waals surface area (Å²) >= 11 is 0. The Balaban J connectivity index is 1.88. The lowest BCUT2D eigenvalue weighted by Crippen LogP contribution is -2.23. The highest BCUT2D eigenvalue weighted by molar-refractivity contribution is 4.56. The molecule has 2 aromatic rings. The number of aliphatic hydroxyl groups is 1. The molecule has 1 atom stereocenters. The smallest absolute Gasteiger partial charge is 0.162 e. The second-order valence-electron chi connectivity index (χ2n) is 2.68. The van der Waals surface area contributed by atoms with Gasteiger partial charge < -0.3 is 5.11 Å². The minimum atomic E-state index is -0.646. The van der Waals surface area contributed by atoms with Gasteiger partial charge in [-0.15, -0.1) is 15.3 Å². The van der Waals surface area contributed by atoms with Gasteiger partial charge in [-0.1, -0.05) is 0 Å². The average molecular weight is 196 g/mol. The summed E-state index contributed by atoms with van der Waals surface area (Å²) in [7, 11) is 0. The lowest BCUT2D eigenvalue weighted by atomic mass is 10.3. The summed E-state index contributed by atoms with van der Waals surface area (Å²) in [5.74, 6) is 0. The molecule has 2 heterocycles. The molecule has 0 aliphatic rings. The minimum absolute atomic E-state index is 0.264. The fourth-order valence-electron chi connectivity index (χ4n) is 0.998. The van der Waals surface area contributed by atoms with E-state index in [1.165, 1.54) is 22.1 Å². The van der Waals surface area contributed by atoms with Gasteiger partial charge in [0.05, 0.1) is 19.2 Å². The minimum Gasteiger partial charge on any atom is -0.389 e. The molecular formula is C5H8N8O. The third-order valence-electron chi connectivity index (χ3n) is 1.55. The molecule has 0 aliphatic heterocycles. The summed E-state index contributed by atoms with van der Waals surface area (Å²) in [6.45, 7) is 0.564. The van der Waals surface area contributed by atoms with Crippen molar-refractivity contribution in [3.05, 3.63) is 12.7 Å². The zero-order valence-electron chi connectivity index (χ0n) is 7.17. The Morgan fingerprint density at radius 3 is 2.79 bits per heavy atom. The fourth-order valence-corrected chi connectivity index (χ4v) is 0.998. The van der Waals surface area contributed by atoms with Crippen LogP contribution in [-0.2, 0) is 13.1 Å². The summed E-state index contributed by atoms with van der Waals surface area (Å²) in [4.78, 5) is 1.30. The van der Waals surface area contributed by atoms with Gasteiger partial charge in [0.2, 0.25) is 0 Å². The molecule has 2 rings (SSSR count). The van der Waals surface area contributed by atoms with Crippen LogP contribution >= 0.6 is 0 Å². The van der Waals surface area contributed by atoms with Gasteiger partial charge >= 0.3 is 0 Å². The summed E-state index contributed by atoms with van der Waals surface area (Å²) in [6.07, 6.45) is 2.09. The van der Waals surface area contributed by atoms with E-state index in [1.54, 1.807) is 0 Å². The SMILES string of the molecule is O[C@H](Cn1cnnn1)Cn1ncnn1. The van der Waals surface area contributed by atoms with Gasteiger partial charge in [-0.2, -0.15) is 4.80 Å². The Labute approximate surface area is 78.3 Å². The zero-order valence-corrected chi connectivity index (χ0v) is 7.17. The van der Waals surface area contributed by atoms with Crippen molar-refractivity contribution in [2.75, 3.05) is 0 Å². The molecule has 1 N–H and O–H groups in total. The largest absolute Gasteiger partial charge is 0.389 e. The van der Waals surface area contributed by atoms with Crippen LogP contribution < -0.4 is 0 Å². The molecule has 2 aromatic heterocycles. The maximum absolute atomic E-state index is 9.55. The second-order valence-corrected chi connectivity index (χ2v) is 2.68. The monoisotopic (exact) mass is 196 g/mol. The Bertz CT molecular complexity index is 319. The van der Waals surface area contributed by atoms with Gasteiger partial charge in [-0.3, -0.25) is 0 Å². The lowest BCUT2D eigenvalue weighted by Gasteiger charge is -2.07. The Morgan fingerprint density at radius 1 is 1.21 bits per heavy atom. The van der Waals surface area contributed by atoms with E-state index in [-0.39, 0.29) is 6.54 Å². The zero-order chi connectivity index (χ0) is 9.80. The van der Waals surface area contributed by atoms with Gasteiger partial charge in [-0.05, 0) is 15.6 Å². The standard InChI is InChI=1S/C5H8N8O/c14-5(1-12-4-7-9-11-12)2-13-8-3-6-10-13/h3-5,14H,1-2H2/t5-/m1/s1. The van der Waals surface area contributed by atoms with Gasteiger partial charge in [0, 0.05) is 0 Å². The molecule has 0 spiro atoms. The van der Waals surface area contributed by atoms with Gasteiger partial charge in [-0.25, -0.2) is 4.68 Å². The van der Waals surface area contributed by atoms with Crippen LogP contribution in [0.25, 0.3) is 0 Å². The van der Waals surface area contributed by atoms with Crippen molar-refractivity contribution in [2.45, 2.75) is 19.2 Å². The number of tetrazole rings is 2. The highest BCUT2D eigenvalue weighted by Crippen LogP contribution is 1.91. The van der Waals surface area contributed by atoms with Crippen molar-refractivity contribution >= 4 is 0 Å². The third kappa shape index (κ3) is 2.07. The van der Waals surface area contributed by atoms with Gasteiger partial charge in [0.15, 0.2) is 6.33 Å². The van der Waals surface area contributed by atoms with Crippen molar-refractivity contribution in [3.8, 4) is 0 Å². The topological polar surface area (TPSA) is 107 Å². The summed E-state index contributed by atoms with van der Waals surface area (Å²) in [5.41, 5.74) is 0. The second kappa shape index (κ2) is 3.87. The van der Waals surface area contributed by atoms with Crippen molar-refractivity contribution in [2.24, 2.45) is 0 Å². The van der Waals surface area contributed by atoms with E-state index in [0.717, 1.165) is 0 Å². The molecule has 0 amide bonds. The molecule has 0 bridgehead atoms. The molecule has 9 nitrogen and oxygen atoms in total. The predicted octanol–water partition coefficient (Wildman–Crippen LogP) is -2.28. The van der Waals surface area contributed by atoms with Crippen molar-refractivity contribution in [1.29, 1.82) is 0 Å². The number of aromatic nitrogens is 8. The van der Waals surface area contributed by atoms with E-state index in [0.29, 0.717) is 6.54 Å². The van der Waals surface area contributed by atoms with Crippen LogP contribution in [0.2, 0.25) is 0 Å². The molecule has 0 saturated carbocycles. The first-order valence-electron chi connectivity index (χ1n) is 3.94. The van der Waals surface area contributed by atoms with Crippen LogP contribution in [0.3, 0.4) is 0 Å². The first-order valence-corrected chi connectivity index (χ1v) is 3.94. The normalized spacial score (nSPS) is 12.9. The number of nitrogens with zero attached hydrogens (tertiary/aromatic N) is 8. The quantitative estimate of drug-likeness (QED) is 0.586. The van der Waals surface area contributed by atoms with Crippen molar-refractivity contribution < 1.29 is 5.11 Å². The lowest BCUT2D eigenvalue weighted by molar-refractivity contribution is 0.119. The first kappa shape index (κ1) is 8.69. The third-order valence-corrected chi connectivity index (χ3v) is 1.55. The maximum Gasteiger partial charge on any atom is 0.162 e. The molecular weight excluding hydrogens is 188 g/mol. The molecule has 0 aromatic carbocycles. The van der Waals surface area contributed by atoms with E-state index in [4.69, 9.17) is 0 Å². The molecule has 0 unspecified atom stereocenters. The van der Waals surface area contributed by atoms with E-state index in [1.807, 2.05) is 0 Å². The number of hydrogen-bond acceptors (Lipinski definition) is 7. The molecule has 0 aliphatic carbocycles. The van der Waals surface area contributed by atoms with Crippen molar-refractivity contribution in [1.82, 2.24) is 40.4 Å². The summed E-state index contributed by atoms with van der Waals surface area (Å²) in [5, 5.41) is 30.9. The Hall–Kier alpha value is -1.90. The van der Waals surface area contributed by atoms with Crippen LogP contribution in [0.5, 0.6) is 0 Å². The first-order chi connectivity index (χ1) is 6.84. The van der Waals surface area contributed by atoms with E-state index >= 15 is 0 Å². The van der Waals surface area contributed by atoms with Gasteiger partial charge in [0.1, 0.15) is 6.33 Å². The van der Waals surface area contributed by atoms with E-state index in [9.17, 15) is 5.11 Å². The molecule has 14 heavy (non-hydrogen) atoms. The fraction of sp³-hybridized carbons (Fsp3) is 0.600. The Morgan fingerprint density at radius 2 is 2.14 bits per heavy atom.